The smallest absolute Gasteiger partial charge is 0.268 e. The van der Waals surface area contributed by atoms with Crippen LogP contribution in [0, 0.1) is 0 Å². The number of aromatic amines is 1. The number of nitrogens with zero attached hydrogens (tertiary/aromatic N) is 3. The first-order valence-corrected chi connectivity index (χ1v) is 9.19. The number of nitrogens with one attached hydrogen (secondary N) is 2. The highest BCUT2D eigenvalue weighted by atomic mass is 32.1. The van der Waals surface area contributed by atoms with Crippen molar-refractivity contribution in [1.82, 2.24) is 20.3 Å². The highest BCUT2D eigenvalue weighted by molar-refractivity contribution is 7.19. The summed E-state index contributed by atoms with van der Waals surface area (Å²) in [6.45, 7) is 3.03. The van der Waals surface area contributed by atoms with E-state index < -0.39 is 0 Å². The van der Waals surface area contributed by atoms with Crippen LogP contribution in [0.4, 0.5) is 0 Å². The summed E-state index contributed by atoms with van der Waals surface area (Å²) in [6.07, 6.45) is 3.68. The Kier molecular flexibility index (Phi) is 4.04. The number of nitrogens with two attached hydrogens (primary N) is 1. The standard InChI is InChI=1S/C16H20N6O2S/c1-8-9(6-18-21-8)12-5-10-14(25-12)16(24)20-15(19-10)11-3-2-4-22(11)7-13(17)23/h5-6,8-9,11,21H,2-4,7H2,1H3,(H2,17,23)(H,19,20,24). The minimum absolute atomic E-state index is 0.0680. The molecule has 8 nitrogen and oxygen atoms in total. The summed E-state index contributed by atoms with van der Waals surface area (Å²) in [4.78, 5) is 34.5. The lowest BCUT2D eigenvalue weighted by molar-refractivity contribution is -0.119. The number of hydrogen-bond acceptors (Lipinski definition) is 7. The van der Waals surface area contributed by atoms with E-state index in [2.05, 4.69) is 27.4 Å². The largest absolute Gasteiger partial charge is 0.369 e. The van der Waals surface area contributed by atoms with Gasteiger partial charge in [-0.15, -0.1) is 11.3 Å². The molecule has 0 aliphatic carbocycles. The van der Waals surface area contributed by atoms with Gasteiger partial charge in [0.2, 0.25) is 5.91 Å². The first kappa shape index (κ1) is 16.2. The maximum absolute atomic E-state index is 12.6. The molecule has 0 radical (unpaired) electrons. The van der Waals surface area contributed by atoms with Crippen molar-refractivity contribution < 1.29 is 4.79 Å². The number of amides is 1. The summed E-state index contributed by atoms with van der Waals surface area (Å²) in [5.74, 6) is 0.405. The maximum Gasteiger partial charge on any atom is 0.268 e. The molecule has 132 valence electrons. The number of H-pyrrole nitrogens is 1. The number of aromatic nitrogens is 2. The van der Waals surface area contributed by atoms with Gasteiger partial charge in [-0.3, -0.25) is 14.5 Å². The van der Waals surface area contributed by atoms with Gasteiger partial charge in [-0.25, -0.2) is 4.98 Å². The zero-order valence-corrected chi connectivity index (χ0v) is 14.7. The summed E-state index contributed by atoms with van der Waals surface area (Å²) < 4.78 is 0.630. The second-order valence-corrected chi connectivity index (χ2v) is 7.71. The molecule has 1 fully saturated rings. The van der Waals surface area contributed by atoms with Gasteiger partial charge in [0.1, 0.15) is 10.5 Å². The van der Waals surface area contributed by atoms with Gasteiger partial charge in [0, 0.05) is 11.1 Å². The van der Waals surface area contributed by atoms with Crippen molar-refractivity contribution in [2.45, 2.75) is 37.8 Å². The van der Waals surface area contributed by atoms with Crippen molar-refractivity contribution in [1.29, 1.82) is 0 Å². The van der Waals surface area contributed by atoms with E-state index in [1.807, 2.05) is 17.2 Å². The Labute approximate surface area is 148 Å². The van der Waals surface area contributed by atoms with Crippen LogP contribution in [0.5, 0.6) is 0 Å². The van der Waals surface area contributed by atoms with Crippen molar-refractivity contribution in [2.24, 2.45) is 10.8 Å². The van der Waals surface area contributed by atoms with E-state index in [4.69, 9.17) is 5.73 Å². The highest BCUT2D eigenvalue weighted by Gasteiger charge is 2.30. The van der Waals surface area contributed by atoms with Gasteiger partial charge >= 0.3 is 0 Å². The van der Waals surface area contributed by atoms with Gasteiger partial charge in [-0.2, -0.15) is 5.10 Å². The average molecular weight is 360 g/mol. The third-order valence-corrected chi connectivity index (χ3v) is 6.06. The molecular weight excluding hydrogens is 340 g/mol. The molecule has 3 unspecified atom stereocenters. The van der Waals surface area contributed by atoms with E-state index in [0.717, 1.165) is 24.3 Å². The molecule has 4 heterocycles. The van der Waals surface area contributed by atoms with E-state index in [1.54, 1.807) is 0 Å². The van der Waals surface area contributed by atoms with Gasteiger partial charge < -0.3 is 16.1 Å². The SMILES string of the molecule is CC1NN=CC1c1cc2nc(C3CCCN3CC(N)=O)[nH]c(=O)c2s1. The Bertz CT molecular complexity index is 904. The number of carbonyl (C=O) groups excluding carboxylic acids is 1. The van der Waals surface area contributed by atoms with Crippen molar-refractivity contribution in [2.75, 3.05) is 13.1 Å². The van der Waals surface area contributed by atoms with Crippen LogP contribution in [0.2, 0.25) is 0 Å². The Morgan fingerprint density at radius 2 is 2.36 bits per heavy atom. The zero-order chi connectivity index (χ0) is 17.6. The molecule has 2 aliphatic rings. The number of hydrogen-bond donors (Lipinski definition) is 3. The summed E-state index contributed by atoms with van der Waals surface area (Å²) in [6, 6.07) is 2.11. The lowest BCUT2D eigenvalue weighted by atomic mass is 10.0. The van der Waals surface area contributed by atoms with Crippen LogP contribution in [0.3, 0.4) is 0 Å². The number of hydrazone groups is 1. The van der Waals surface area contributed by atoms with Crippen LogP contribution in [-0.2, 0) is 4.79 Å². The molecule has 4 rings (SSSR count). The normalized spacial score (nSPS) is 26.4. The Morgan fingerprint density at radius 3 is 3.08 bits per heavy atom. The molecule has 2 aromatic rings. The molecule has 0 spiro atoms. The molecule has 1 amide bonds. The number of carbonyl (C=O) groups is 1. The summed E-state index contributed by atoms with van der Waals surface area (Å²) >= 11 is 1.46. The molecule has 3 atom stereocenters. The lowest BCUT2D eigenvalue weighted by Crippen LogP contribution is -2.34. The minimum atomic E-state index is -0.366. The van der Waals surface area contributed by atoms with Gasteiger partial charge in [0.05, 0.1) is 30.1 Å². The topological polar surface area (TPSA) is 116 Å². The Balaban J connectivity index is 1.70. The fourth-order valence-corrected chi connectivity index (χ4v) is 4.75. The molecule has 9 heteroatoms. The number of likely N-dealkylation sites (tertiary alicyclic amines) is 1. The van der Waals surface area contributed by atoms with Crippen LogP contribution in [-0.4, -0.2) is 46.1 Å². The zero-order valence-electron chi connectivity index (χ0n) is 13.9. The van der Waals surface area contributed by atoms with Crippen LogP contribution < -0.4 is 16.7 Å². The highest BCUT2D eigenvalue weighted by Crippen LogP contribution is 2.33. The van der Waals surface area contributed by atoms with E-state index in [0.29, 0.717) is 16.0 Å². The molecule has 4 N–H and O–H groups in total. The van der Waals surface area contributed by atoms with Gasteiger partial charge in [-0.1, -0.05) is 0 Å². The van der Waals surface area contributed by atoms with Crippen LogP contribution >= 0.6 is 11.3 Å². The molecule has 25 heavy (non-hydrogen) atoms. The number of primary amides is 1. The van der Waals surface area contributed by atoms with Crippen LogP contribution in [0.1, 0.15) is 42.4 Å². The summed E-state index contributed by atoms with van der Waals surface area (Å²) in [5, 5.41) is 4.11. The van der Waals surface area contributed by atoms with Gasteiger partial charge in [0.25, 0.3) is 5.56 Å². The van der Waals surface area contributed by atoms with E-state index in [1.165, 1.54) is 11.3 Å². The van der Waals surface area contributed by atoms with Crippen molar-refractivity contribution in [3.63, 3.8) is 0 Å². The number of rotatable bonds is 4. The second kappa shape index (κ2) is 6.23. The summed E-state index contributed by atoms with van der Waals surface area (Å²) in [7, 11) is 0. The minimum Gasteiger partial charge on any atom is -0.369 e. The molecule has 0 bridgehead atoms. The molecule has 0 saturated carbocycles. The molecule has 1 saturated heterocycles. The Morgan fingerprint density at radius 1 is 1.52 bits per heavy atom. The molecule has 2 aromatic heterocycles. The third-order valence-electron chi connectivity index (χ3n) is 4.84. The van der Waals surface area contributed by atoms with Crippen molar-refractivity contribution >= 4 is 33.7 Å². The quantitative estimate of drug-likeness (QED) is 0.741. The predicted octanol–water partition coefficient (Wildman–Crippen LogP) is 0.668. The van der Waals surface area contributed by atoms with Crippen LogP contribution in [0.15, 0.2) is 16.0 Å². The average Bonchev–Trinajstić information content (AvgIpc) is 3.25. The lowest BCUT2D eigenvalue weighted by Gasteiger charge is -2.21. The monoisotopic (exact) mass is 360 g/mol. The summed E-state index contributed by atoms with van der Waals surface area (Å²) in [5.41, 5.74) is 8.93. The molecule has 0 aromatic carbocycles. The fraction of sp³-hybridized carbons (Fsp3) is 0.500. The van der Waals surface area contributed by atoms with Gasteiger partial charge in [-0.05, 0) is 32.4 Å². The molecular formula is C16H20N6O2S. The number of thiophene rings is 1. The molecule has 2 aliphatic heterocycles. The van der Waals surface area contributed by atoms with E-state index >= 15 is 0 Å². The fourth-order valence-electron chi connectivity index (χ4n) is 3.59. The van der Waals surface area contributed by atoms with Crippen molar-refractivity contribution in [3.8, 4) is 0 Å². The predicted molar refractivity (Wildman–Crippen MR) is 96.8 cm³/mol. The number of fused-ring (bicyclic) bond motifs is 1. The first-order chi connectivity index (χ1) is 12.0. The van der Waals surface area contributed by atoms with E-state index in [9.17, 15) is 9.59 Å². The van der Waals surface area contributed by atoms with Gasteiger partial charge in [0.15, 0.2) is 0 Å². The first-order valence-electron chi connectivity index (χ1n) is 8.37. The maximum atomic E-state index is 12.6. The van der Waals surface area contributed by atoms with Crippen LogP contribution in [0.25, 0.3) is 10.2 Å². The van der Waals surface area contributed by atoms with E-state index in [-0.39, 0.29) is 36.0 Å². The second-order valence-electron chi connectivity index (χ2n) is 6.63. The Hall–Kier alpha value is -2.26. The van der Waals surface area contributed by atoms with Crippen molar-refractivity contribution in [3.05, 3.63) is 27.1 Å². The third kappa shape index (κ3) is 2.93.